The van der Waals surface area contributed by atoms with Crippen molar-refractivity contribution >= 4 is 20.7 Å². The van der Waals surface area contributed by atoms with Gasteiger partial charge in [-0.1, -0.05) is 18.2 Å². The van der Waals surface area contributed by atoms with E-state index in [0.717, 1.165) is 32.4 Å². The Kier molecular flexibility index (Phi) is 4.31. The zero-order valence-electron chi connectivity index (χ0n) is 12.2. The van der Waals surface area contributed by atoms with Crippen LogP contribution in [0.1, 0.15) is 19.3 Å². The van der Waals surface area contributed by atoms with Crippen LogP contribution in [-0.4, -0.2) is 37.1 Å². The molecule has 21 heavy (non-hydrogen) atoms. The minimum Gasteiger partial charge on any atom is -0.347 e. The fourth-order valence-electron chi connectivity index (χ4n) is 2.99. The summed E-state index contributed by atoms with van der Waals surface area (Å²) in [7, 11) is -2.75. The number of aromatic nitrogens is 1. The van der Waals surface area contributed by atoms with Crippen molar-refractivity contribution in [3.63, 3.8) is 0 Å². The number of hydrogen-bond donors (Lipinski definition) is 1. The lowest BCUT2D eigenvalue weighted by atomic mass is 10.1. The topological polar surface area (TPSA) is 51.1 Å². The van der Waals surface area contributed by atoms with Crippen molar-refractivity contribution in [3.05, 3.63) is 36.5 Å². The Hall–Kier alpha value is -1.33. The van der Waals surface area contributed by atoms with E-state index in [1.807, 2.05) is 0 Å². The predicted octanol–water partition coefficient (Wildman–Crippen LogP) is 2.20. The van der Waals surface area contributed by atoms with Crippen molar-refractivity contribution in [1.82, 2.24) is 9.88 Å². The van der Waals surface area contributed by atoms with Crippen LogP contribution in [0.5, 0.6) is 0 Å². The zero-order valence-corrected chi connectivity index (χ0v) is 13.0. The molecule has 114 valence electrons. The Morgan fingerprint density at radius 1 is 1.14 bits per heavy atom. The normalized spacial score (nSPS) is 19.0. The molecule has 0 aliphatic carbocycles. The third-order valence-corrected chi connectivity index (χ3v) is 5.96. The molecule has 0 saturated carbocycles. The van der Waals surface area contributed by atoms with Gasteiger partial charge in [-0.2, -0.15) is 0 Å². The van der Waals surface area contributed by atoms with Crippen molar-refractivity contribution in [2.75, 3.05) is 18.1 Å². The number of benzene rings is 1. The molecule has 1 aromatic heterocycles. The SMILES string of the molecule is O=S1(=O)CCC(NCCCn2ccc3ccccc32)CC1. The largest absolute Gasteiger partial charge is 0.347 e. The van der Waals surface area contributed by atoms with Gasteiger partial charge in [-0.25, -0.2) is 8.42 Å². The highest BCUT2D eigenvalue weighted by molar-refractivity contribution is 7.91. The molecule has 1 aliphatic rings. The quantitative estimate of drug-likeness (QED) is 0.862. The monoisotopic (exact) mass is 306 g/mol. The maximum Gasteiger partial charge on any atom is 0.150 e. The van der Waals surface area contributed by atoms with Crippen LogP contribution >= 0.6 is 0 Å². The second-order valence-corrected chi connectivity index (χ2v) is 8.11. The van der Waals surface area contributed by atoms with E-state index in [9.17, 15) is 8.42 Å². The maximum atomic E-state index is 11.4. The summed E-state index contributed by atoms with van der Waals surface area (Å²) >= 11 is 0. The van der Waals surface area contributed by atoms with Gasteiger partial charge >= 0.3 is 0 Å². The van der Waals surface area contributed by atoms with Gasteiger partial charge < -0.3 is 9.88 Å². The van der Waals surface area contributed by atoms with Crippen LogP contribution in [0.25, 0.3) is 10.9 Å². The number of aryl methyl sites for hydroxylation is 1. The minimum atomic E-state index is -2.75. The summed E-state index contributed by atoms with van der Waals surface area (Å²) in [5.74, 6) is 0.680. The van der Waals surface area contributed by atoms with Crippen LogP contribution in [0.2, 0.25) is 0 Å². The van der Waals surface area contributed by atoms with E-state index < -0.39 is 9.84 Å². The van der Waals surface area contributed by atoms with Crippen LogP contribution in [0, 0.1) is 0 Å². The third-order valence-electron chi connectivity index (χ3n) is 4.24. The predicted molar refractivity (Wildman–Crippen MR) is 86.2 cm³/mol. The molecule has 0 unspecified atom stereocenters. The first-order valence-electron chi connectivity index (χ1n) is 7.62. The second kappa shape index (κ2) is 6.20. The smallest absolute Gasteiger partial charge is 0.150 e. The van der Waals surface area contributed by atoms with E-state index in [4.69, 9.17) is 0 Å². The highest BCUT2D eigenvalue weighted by atomic mass is 32.2. The van der Waals surface area contributed by atoms with E-state index in [-0.39, 0.29) is 0 Å². The minimum absolute atomic E-state index is 0.340. The third kappa shape index (κ3) is 3.66. The molecule has 2 aromatic rings. The molecular formula is C16H22N2O2S. The molecule has 2 heterocycles. The van der Waals surface area contributed by atoms with Crippen molar-refractivity contribution in [2.24, 2.45) is 0 Å². The van der Waals surface area contributed by atoms with Gasteiger partial charge in [0.2, 0.25) is 0 Å². The summed E-state index contributed by atoms with van der Waals surface area (Å²) < 4.78 is 25.0. The summed E-state index contributed by atoms with van der Waals surface area (Å²) in [6.07, 6.45) is 4.71. The lowest BCUT2D eigenvalue weighted by molar-refractivity contribution is 0.451. The van der Waals surface area contributed by atoms with Crippen LogP contribution in [-0.2, 0) is 16.4 Å². The first-order valence-corrected chi connectivity index (χ1v) is 9.44. The Labute approximate surface area is 126 Å². The van der Waals surface area contributed by atoms with Crippen LogP contribution < -0.4 is 5.32 Å². The maximum absolute atomic E-state index is 11.4. The molecule has 1 fully saturated rings. The van der Waals surface area contributed by atoms with Gasteiger partial charge in [-0.05, 0) is 43.3 Å². The summed E-state index contributed by atoms with van der Waals surface area (Å²) in [4.78, 5) is 0. The van der Waals surface area contributed by atoms with Gasteiger partial charge in [0.1, 0.15) is 9.84 Å². The molecule has 0 amide bonds. The molecule has 0 bridgehead atoms. The highest BCUT2D eigenvalue weighted by Crippen LogP contribution is 2.15. The van der Waals surface area contributed by atoms with E-state index in [2.05, 4.69) is 46.4 Å². The number of nitrogens with zero attached hydrogens (tertiary/aromatic N) is 1. The van der Waals surface area contributed by atoms with Gasteiger partial charge in [0.25, 0.3) is 0 Å². The number of fused-ring (bicyclic) bond motifs is 1. The molecule has 5 heteroatoms. The van der Waals surface area contributed by atoms with E-state index in [1.54, 1.807) is 0 Å². The molecular weight excluding hydrogens is 284 g/mol. The average Bonchev–Trinajstić information content (AvgIpc) is 2.88. The Balaban J connectivity index is 1.45. The lowest BCUT2D eigenvalue weighted by Crippen LogP contribution is -2.38. The molecule has 1 saturated heterocycles. The second-order valence-electron chi connectivity index (χ2n) is 5.80. The molecule has 1 aromatic carbocycles. The van der Waals surface area contributed by atoms with E-state index in [0.29, 0.717) is 17.5 Å². The summed E-state index contributed by atoms with van der Waals surface area (Å²) in [6.45, 7) is 1.93. The van der Waals surface area contributed by atoms with Crippen LogP contribution in [0.4, 0.5) is 0 Å². The van der Waals surface area contributed by atoms with Gasteiger partial charge in [-0.3, -0.25) is 0 Å². The zero-order chi connectivity index (χ0) is 14.7. The molecule has 4 nitrogen and oxygen atoms in total. The Morgan fingerprint density at radius 3 is 2.71 bits per heavy atom. The number of sulfone groups is 1. The average molecular weight is 306 g/mol. The molecule has 1 aliphatic heterocycles. The van der Waals surface area contributed by atoms with Crippen molar-refractivity contribution in [3.8, 4) is 0 Å². The van der Waals surface area contributed by atoms with E-state index >= 15 is 0 Å². The number of nitrogens with one attached hydrogen (secondary N) is 1. The van der Waals surface area contributed by atoms with Gasteiger partial charge in [0.05, 0.1) is 11.5 Å². The Bertz CT molecular complexity index is 692. The van der Waals surface area contributed by atoms with Crippen LogP contribution in [0.3, 0.4) is 0 Å². The molecule has 0 atom stereocenters. The molecule has 0 spiro atoms. The molecule has 3 rings (SSSR count). The fourth-order valence-corrected chi connectivity index (χ4v) is 4.48. The van der Waals surface area contributed by atoms with Gasteiger partial charge in [-0.15, -0.1) is 0 Å². The highest BCUT2D eigenvalue weighted by Gasteiger charge is 2.22. The lowest BCUT2D eigenvalue weighted by Gasteiger charge is -2.23. The first-order chi connectivity index (χ1) is 10.1. The van der Waals surface area contributed by atoms with Gasteiger partial charge in [0, 0.05) is 24.3 Å². The first kappa shape index (κ1) is 14.6. The van der Waals surface area contributed by atoms with E-state index in [1.165, 1.54) is 10.9 Å². The van der Waals surface area contributed by atoms with Crippen LogP contribution in [0.15, 0.2) is 36.5 Å². The fraction of sp³-hybridized carbons (Fsp3) is 0.500. The summed E-state index contributed by atoms with van der Waals surface area (Å²) in [5, 5.41) is 4.77. The molecule has 1 N–H and O–H groups in total. The van der Waals surface area contributed by atoms with Crippen molar-refractivity contribution in [2.45, 2.75) is 31.8 Å². The number of rotatable bonds is 5. The number of hydrogen-bond acceptors (Lipinski definition) is 3. The van der Waals surface area contributed by atoms with Crippen molar-refractivity contribution < 1.29 is 8.42 Å². The standard InChI is InChI=1S/C16H22N2O2S/c19-21(20)12-7-15(8-13-21)17-9-3-10-18-11-6-14-4-1-2-5-16(14)18/h1-2,4-6,11,15,17H,3,7-10,12-13H2. The van der Waals surface area contributed by atoms with Crippen molar-refractivity contribution in [1.29, 1.82) is 0 Å². The number of para-hydroxylation sites is 1. The summed E-state index contributed by atoms with van der Waals surface area (Å²) in [6, 6.07) is 10.9. The summed E-state index contributed by atoms with van der Waals surface area (Å²) in [5.41, 5.74) is 1.28. The Morgan fingerprint density at radius 2 is 1.90 bits per heavy atom. The van der Waals surface area contributed by atoms with Gasteiger partial charge in [0.15, 0.2) is 0 Å². The molecule has 0 radical (unpaired) electrons.